The summed E-state index contributed by atoms with van der Waals surface area (Å²) in [6.07, 6.45) is 5.44. The monoisotopic (exact) mass is 608 g/mol. The van der Waals surface area contributed by atoms with Gasteiger partial charge in [0.15, 0.2) is 4.34 Å². The molecule has 1 fully saturated rings. The minimum absolute atomic E-state index is 0.0247. The van der Waals surface area contributed by atoms with Crippen LogP contribution in [-0.2, 0) is 25.2 Å². The summed E-state index contributed by atoms with van der Waals surface area (Å²) < 4.78 is 14.1. The number of carbonyl (C=O) groups excluding carboxylic acids is 2. The minimum Gasteiger partial charge on any atom is -0.477 e. The molecule has 39 heavy (non-hydrogen) atoms. The van der Waals surface area contributed by atoms with Crippen molar-refractivity contribution in [3.63, 3.8) is 0 Å². The van der Waals surface area contributed by atoms with Crippen LogP contribution in [0.15, 0.2) is 50.8 Å². The molecular formula is C26H32N4O5S4. The lowest BCUT2D eigenvalue weighted by Crippen LogP contribution is -2.71. The Morgan fingerprint density at radius 2 is 1.95 bits per heavy atom. The summed E-state index contributed by atoms with van der Waals surface area (Å²) in [5.74, 6) is -1.26. The Hall–Kier alpha value is -2.22. The molecule has 0 radical (unpaired) electrons. The van der Waals surface area contributed by atoms with Crippen LogP contribution in [0.25, 0.3) is 0 Å². The molecule has 0 saturated carbocycles. The third kappa shape index (κ3) is 7.11. The molecule has 1 aromatic heterocycles. The molecule has 2 N–H and O–H groups in total. The van der Waals surface area contributed by atoms with E-state index >= 15 is 0 Å². The maximum Gasteiger partial charge on any atom is 0.352 e. The van der Waals surface area contributed by atoms with Gasteiger partial charge in [-0.3, -0.25) is 18.7 Å². The van der Waals surface area contributed by atoms with Gasteiger partial charge in [-0.1, -0.05) is 80.3 Å². The van der Waals surface area contributed by atoms with Gasteiger partial charge >= 0.3 is 5.97 Å². The number of nitrogens with zero attached hydrogens (tertiary/aromatic N) is 3. The molecule has 13 heteroatoms. The molecule has 2 aliphatic rings. The maximum absolute atomic E-state index is 13.4. The van der Waals surface area contributed by atoms with Crippen LogP contribution < -0.4 is 5.32 Å². The van der Waals surface area contributed by atoms with E-state index in [1.54, 1.807) is 24.3 Å². The van der Waals surface area contributed by atoms with Crippen molar-refractivity contribution >= 4 is 63.4 Å². The minimum atomic E-state index is -1.57. The molecule has 0 aliphatic carbocycles. The molecule has 2 amide bonds. The van der Waals surface area contributed by atoms with E-state index in [1.165, 1.54) is 39.8 Å². The number of aromatic nitrogens is 2. The Morgan fingerprint density at radius 3 is 2.62 bits per heavy atom. The van der Waals surface area contributed by atoms with Gasteiger partial charge < -0.3 is 10.4 Å². The van der Waals surface area contributed by atoms with Crippen molar-refractivity contribution in [1.82, 2.24) is 20.4 Å². The first-order valence-electron chi connectivity index (χ1n) is 12.9. The average Bonchev–Trinajstić information content (AvgIpc) is 3.36. The van der Waals surface area contributed by atoms with Crippen LogP contribution in [-0.4, -0.2) is 70.4 Å². The van der Waals surface area contributed by atoms with Crippen LogP contribution in [0.1, 0.15) is 50.5 Å². The summed E-state index contributed by atoms with van der Waals surface area (Å²) in [5.41, 5.74) is 0.609. The number of β-lactam (4-membered cyclic amide) rings is 1. The number of benzene rings is 1. The third-order valence-corrected chi connectivity index (χ3v) is 11.6. The van der Waals surface area contributed by atoms with Crippen molar-refractivity contribution in [3.05, 3.63) is 46.6 Å². The van der Waals surface area contributed by atoms with E-state index < -0.39 is 45.2 Å². The molecule has 4 atom stereocenters. The first-order chi connectivity index (χ1) is 18.8. The van der Waals surface area contributed by atoms with Gasteiger partial charge in [-0.05, 0) is 31.1 Å². The summed E-state index contributed by atoms with van der Waals surface area (Å²) in [7, 11) is -1.57. The number of thioether (sulfide) groups is 2. The predicted molar refractivity (Wildman–Crippen MR) is 155 cm³/mol. The quantitative estimate of drug-likeness (QED) is 0.184. The fourth-order valence-electron chi connectivity index (χ4n) is 4.51. The fraction of sp³-hybridized carbons (Fsp3) is 0.500. The SMILES string of the molecule is CCCCCCCC(C(=O)NC1C(=O)N2C(C(=O)O)=C(CSc3nnc(C)s3)CS[C@@H]12)S(=O)c1ccccc1. The molecule has 4 rings (SSSR count). The number of carbonyl (C=O) groups is 3. The highest BCUT2D eigenvalue weighted by molar-refractivity contribution is 8.01. The first-order valence-corrected chi connectivity index (χ1v) is 17.0. The Labute approximate surface area is 243 Å². The molecule has 9 nitrogen and oxygen atoms in total. The molecular weight excluding hydrogens is 577 g/mol. The standard InChI is InChI=1S/C26H32N4O5S4/c1-3-4-5-6-10-13-19(39(35)18-11-8-7-9-12-18)22(31)27-20-23(32)30-21(25(33)34)17(14-36-24(20)30)15-37-26-29-28-16(2)38-26/h7-9,11-12,19-20,24H,3-6,10,13-15H2,1-2H3,(H,27,31)(H,33,34)/t19?,20?,24-,39?/m0/s1. The number of rotatable bonds is 14. The molecule has 210 valence electrons. The zero-order valence-electron chi connectivity index (χ0n) is 21.8. The second-order valence-corrected chi connectivity index (χ2v) is 14.5. The Morgan fingerprint density at radius 1 is 1.21 bits per heavy atom. The van der Waals surface area contributed by atoms with E-state index in [9.17, 15) is 23.7 Å². The summed E-state index contributed by atoms with van der Waals surface area (Å²) in [5, 5.41) is 20.3. The lowest BCUT2D eigenvalue weighted by molar-refractivity contribution is -0.150. The molecule has 1 aromatic carbocycles. The molecule has 0 bridgehead atoms. The van der Waals surface area contributed by atoms with Crippen molar-refractivity contribution in [1.29, 1.82) is 0 Å². The van der Waals surface area contributed by atoms with Gasteiger partial charge in [0.2, 0.25) is 5.91 Å². The van der Waals surface area contributed by atoms with Crippen LogP contribution in [0.3, 0.4) is 0 Å². The lowest BCUT2D eigenvalue weighted by atomic mass is 10.0. The summed E-state index contributed by atoms with van der Waals surface area (Å²) >= 11 is 4.25. The third-order valence-electron chi connectivity index (χ3n) is 6.52. The van der Waals surface area contributed by atoms with Crippen molar-refractivity contribution < 1.29 is 23.7 Å². The number of carboxylic acids is 1. The number of nitrogens with one attached hydrogen (secondary N) is 1. The van der Waals surface area contributed by atoms with Gasteiger partial charge in [-0.25, -0.2) is 4.79 Å². The Kier molecular flexibility index (Phi) is 10.6. The van der Waals surface area contributed by atoms with Crippen LogP contribution >= 0.6 is 34.9 Å². The number of hydrogen-bond donors (Lipinski definition) is 2. The van der Waals surface area contributed by atoms with E-state index in [4.69, 9.17) is 0 Å². The van der Waals surface area contributed by atoms with Crippen molar-refractivity contribution in [2.75, 3.05) is 11.5 Å². The Balaban J connectivity index is 1.44. The average molecular weight is 609 g/mol. The van der Waals surface area contributed by atoms with Gasteiger partial charge in [-0.2, -0.15) is 0 Å². The smallest absolute Gasteiger partial charge is 0.352 e. The van der Waals surface area contributed by atoms with E-state index in [0.717, 1.165) is 41.5 Å². The zero-order valence-corrected chi connectivity index (χ0v) is 25.1. The van der Waals surface area contributed by atoms with Gasteiger partial charge in [0.25, 0.3) is 5.91 Å². The lowest BCUT2D eigenvalue weighted by Gasteiger charge is -2.49. The van der Waals surface area contributed by atoms with Gasteiger partial charge in [0.1, 0.15) is 27.4 Å². The van der Waals surface area contributed by atoms with E-state index in [-0.39, 0.29) is 5.70 Å². The van der Waals surface area contributed by atoms with Crippen molar-refractivity contribution in [2.24, 2.45) is 0 Å². The number of unbranched alkanes of at least 4 members (excludes halogenated alkanes) is 4. The molecule has 1 saturated heterocycles. The first kappa shape index (κ1) is 29.8. The molecule has 2 aromatic rings. The summed E-state index contributed by atoms with van der Waals surface area (Å²) in [4.78, 5) is 40.6. The normalized spacial score (nSPS) is 20.3. The van der Waals surface area contributed by atoms with Gasteiger partial charge in [-0.15, -0.1) is 22.0 Å². The fourth-order valence-corrected chi connectivity index (χ4v) is 9.21. The van der Waals surface area contributed by atoms with E-state index in [2.05, 4.69) is 22.4 Å². The molecule has 3 heterocycles. The van der Waals surface area contributed by atoms with Gasteiger partial charge in [0, 0.05) is 16.4 Å². The van der Waals surface area contributed by atoms with Gasteiger partial charge in [0.05, 0.1) is 10.8 Å². The molecule has 3 unspecified atom stereocenters. The highest BCUT2D eigenvalue weighted by atomic mass is 32.2. The van der Waals surface area contributed by atoms with E-state index in [0.29, 0.717) is 28.4 Å². The largest absolute Gasteiger partial charge is 0.477 e. The van der Waals surface area contributed by atoms with Crippen molar-refractivity contribution in [2.45, 2.75) is 78.3 Å². The van der Waals surface area contributed by atoms with Crippen LogP contribution in [0, 0.1) is 6.92 Å². The van der Waals surface area contributed by atoms with E-state index in [1.807, 2.05) is 13.0 Å². The summed E-state index contributed by atoms with van der Waals surface area (Å²) in [6.45, 7) is 3.99. The molecule has 2 aliphatic heterocycles. The van der Waals surface area contributed by atoms with Crippen LogP contribution in [0.2, 0.25) is 0 Å². The number of aliphatic carboxylic acids is 1. The van der Waals surface area contributed by atoms with Crippen LogP contribution in [0.4, 0.5) is 0 Å². The predicted octanol–water partition coefficient (Wildman–Crippen LogP) is 4.21. The number of fused-ring (bicyclic) bond motifs is 1. The highest BCUT2D eigenvalue weighted by Gasteiger charge is 2.54. The Bertz CT molecular complexity index is 1250. The topological polar surface area (TPSA) is 130 Å². The summed E-state index contributed by atoms with van der Waals surface area (Å²) in [6, 6.07) is 8.04. The maximum atomic E-state index is 13.4. The zero-order chi connectivity index (χ0) is 27.9. The second kappa shape index (κ2) is 13.9. The molecule has 0 spiro atoms. The number of amides is 2. The number of aryl methyl sites for hydroxylation is 1. The van der Waals surface area contributed by atoms with Crippen LogP contribution in [0.5, 0.6) is 0 Å². The number of carboxylic acid groups (broad SMARTS) is 1. The highest BCUT2D eigenvalue weighted by Crippen LogP contribution is 2.42. The second-order valence-electron chi connectivity index (χ2n) is 9.33. The number of hydrogen-bond acceptors (Lipinski definition) is 9. The van der Waals surface area contributed by atoms with Crippen molar-refractivity contribution in [3.8, 4) is 0 Å².